The third kappa shape index (κ3) is 3.69. The van der Waals surface area contributed by atoms with Crippen molar-refractivity contribution in [2.45, 2.75) is 20.3 Å². The average Bonchev–Trinajstić information content (AvgIpc) is 3.20. The summed E-state index contributed by atoms with van der Waals surface area (Å²) in [6.07, 6.45) is 4.44. The van der Waals surface area contributed by atoms with Crippen LogP contribution in [0.25, 0.3) is 0 Å². The number of nitrogens with zero attached hydrogens (tertiary/aromatic N) is 6. The fraction of sp³-hybridized carbons (Fsp3) is 0.526. The minimum absolute atomic E-state index is 0.0313. The summed E-state index contributed by atoms with van der Waals surface area (Å²) in [6.45, 7) is 7.99. The molecule has 4 heterocycles. The number of anilines is 2. The second kappa shape index (κ2) is 7.57. The first-order chi connectivity index (χ1) is 13.5. The van der Waals surface area contributed by atoms with Crippen LogP contribution < -0.4 is 15.4 Å². The lowest BCUT2D eigenvalue weighted by atomic mass is 10.1. The van der Waals surface area contributed by atoms with Crippen molar-refractivity contribution in [3.8, 4) is 0 Å². The first-order valence-corrected chi connectivity index (χ1v) is 9.65. The predicted octanol–water partition coefficient (Wildman–Crippen LogP) is 0.352. The third-order valence-electron chi connectivity index (χ3n) is 5.48. The molecule has 2 aromatic rings. The van der Waals surface area contributed by atoms with Crippen LogP contribution in [0.5, 0.6) is 0 Å². The van der Waals surface area contributed by atoms with Crippen molar-refractivity contribution in [1.29, 1.82) is 0 Å². The van der Waals surface area contributed by atoms with Crippen molar-refractivity contribution in [3.63, 3.8) is 0 Å². The van der Waals surface area contributed by atoms with Gasteiger partial charge in [0.25, 0.3) is 5.56 Å². The Bertz CT molecular complexity index is 903. The Morgan fingerprint density at radius 3 is 2.46 bits per heavy atom. The van der Waals surface area contributed by atoms with Gasteiger partial charge in [-0.25, -0.2) is 15.1 Å². The van der Waals surface area contributed by atoms with Crippen LogP contribution in [0.2, 0.25) is 0 Å². The number of amides is 1. The van der Waals surface area contributed by atoms with Crippen LogP contribution in [0, 0.1) is 19.8 Å². The van der Waals surface area contributed by atoms with Gasteiger partial charge >= 0.3 is 0 Å². The van der Waals surface area contributed by atoms with Gasteiger partial charge in [0.15, 0.2) is 0 Å². The SMILES string of the molecule is Cc1cnc(N2CCN(C(=O)[C@@H]3CCN(c4cc(C)c(=O)[nH]n4)C3)CC2)nc1. The summed E-state index contributed by atoms with van der Waals surface area (Å²) in [6, 6.07) is 1.78. The number of aromatic amines is 1. The molecule has 148 valence electrons. The summed E-state index contributed by atoms with van der Waals surface area (Å²) in [5.41, 5.74) is 1.50. The monoisotopic (exact) mass is 383 g/mol. The smallest absolute Gasteiger partial charge is 0.267 e. The Labute approximate surface area is 163 Å². The molecule has 2 saturated heterocycles. The van der Waals surface area contributed by atoms with Crippen molar-refractivity contribution < 1.29 is 4.79 Å². The molecule has 0 spiro atoms. The van der Waals surface area contributed by atoms with Gasteiger partial charge in [0.1, 0.15) is 5.82 Å². The molecule has 0 radical (unpaired) electrons. The van der Waals surface area contributed by atoms with Gasteiger partial charge in [-0.1, -0.05) is 0 Å². The normalized spacial score (nSPS) is 19.9. The molecule has 2 aliphatic heterocycles. The number of piperazine rings is 1. The zero-order chi connectivity index (χ0) is 19.7. The van der Waals surface area contributed by atoms with E-state index in [0.29, 0.717) is 25.2 Å². The van der Waals surface area contributed by atoms with Crippen LogP contribution in [0.1, 0.15) is 17.5 Å². The molecular weight excluding hydrogens is 358 g/mol. The fourth-order valence-corrected chi connectivity index (χ4v) is 3.75. The van der Waals surface area contributed by atoms with E-state index in [1.165, 1.54) is 0 Å². The highest BCUT2D eigenvalue weighted by Gasteiger charge is 2.33. The Morgan fingerprint density at radius 1 is 1.07 bits per heavy atom. The van der Waals surface area contributed by atoms with Crippen LogP contribution in [0.4, 0.5) is 11.8 Å². The lowest BCUT2D eigenvalue weighted by Crippen LogP contribution is -2.51. The van der Waals surface area contributed by atoms with Gasteiger partial charge in [-0.3, -0.25) is 9.59 Å². The van der Waals surface area contributed by atoms with Gasteiger partial charge in [-0.05, 0) is 31.9 Å². The minimum atomic E-state index is -0.175. The summed E-state index contributed by atoms with van der Waals surface area (Å²) in [7, 11) is 0. The highest BCUT2D eigenvalue weighted by atomic mass is 16.2. The topological polar surface area (TPSA) is 98.3 Å². The Kier molecular flexibility index (Phi) is 4.97. The zero-order valence-electron chi connectivity index (χ0n) is 16.3. The maximum Gasteiger partial charge on any atom is 0.267 e. The number of carbonyl (C=O) groups excluding carboxylic acids is 1. The highest BCUT2D eigenvalue weighted by molar-refractivity contribution is 5.80. The van der Waals surface area contributed by atoms with Crippen molar-refractivity contribution in [3.05, 3.63) is 39.9 Å². The number of aromatic nitrogens is 4. The second-order valence-corrected chi connectivity index (χ2v) is 7.54. The van der Waals surface area contributed by atoms with Gasteiger partial charge in [0.05, 0.1) is 5.92 Å². The molecule has 0 aliphatic carbocycles. The Hall–Kier alpha value is -2.97. The van der Waals surface area contributed by atoms with Crippen molar-refractivity contribution in [2.24, 2.45) is 5.92 Å². The van der Waals surface area contributed by atoms with E-state index in [1.54, 1.807) is 13.0 Å². The molecule has 0 bridgehead atoms. The van der Waals surface area contributed by atoms with Crippen molar-refractivity contribution in [2.75, 3.05) is 49.1 Å². The molecule has 1 atom stereocenters. The summed E-state index contributed by atoms with van der Waals surface area (Å²) in [5, 5.41) is 6.64. The largest absolute Gasteiger partial charge is 0.354 e. The number of hydrogen-bond acceptors (Lipinski definition) is 7. The molecule has 0 aromatic carbocycles. The Morgan fingerprint density at radius 2 is 1.79 bits per heavy atom. The van der Waals surface area contributed by atoms with E-state index in [-0.39, 0.29) is 17.4 Å². The van der Waals surface area contributed by atoms with E-state index in [2.05, 4.69) is 30.0 Å². The Balaban J connectivity index is 1.33. The molecule has 28 heavy (non-hydrogen) atoms. The molecule has 0 saturated carbocycles. The number of carbonyl (C=O) groups is 1. The molecule has 0 unspecified atom stereocenters. The number of aryl methyl sites for hydroxylation is 2. The molecule has 2 aliphatic rings. The quantitative estimate of drug-likeness (QED) is 0.817. The molecule has 2 fully saturated rings. The molecule has 9 nitrogen and oxygen atoms in total. The maximum atomic E-state index is 13.0. The number of nitrogens with one attached hydrogen (secondary N) is 1. The first-order valence-electron chi connectivity index (χ1n) is 9.65. The van der Waals surface area contributed by atoms with E-state index >= 15 is 0 Å². The average molecular weight is 383 g/mol. The third-order valence-corrected chi connectivity index (χ3v) is 5.48. The van der Waals surface area contributed by atoms with Crippen LogP contribution >= 0.6 is 0 Å². The number of hydrogen-bond donors (Lipinski definition) is 1. The molecule has 1 amide bonds. The fourth-order valence-electron chi connectivity index (χ4n) is 3.75. The standard InChI is InChI=1S/C19H25N7O2/c1-13-10-20-19(21-11-13)25-7-5-24(6-8-25)18(28)15-3-4-26(12-15)16-9-14(2)17(27)23-22-16/h9-11,15H,3-8,12H2,1-2H3,(H,23,27)/t15-/m1/s1. The van der Waals surface area contributed by atoms with Gasteiger partial charge in [-0.2, -0.15) is 5.10 Å². The molecular formula is C19H25N7O2. The molecule has 2 aromatic heterocycles. The summed E-state index contributed by atoms with van der Waals surface area (Å²) in [5.74, 6) is 1.63. The zero-order valence-corrected chi connectivity index (χ0v) is 16.3. The van der Waals surface area contributed by atoms with Crippen molar-refractivity contribution in [1.82, 2.24) is 25.1 Å². The molecule has 9 heteroatoms. The van der Waals surface area contributed by atoms with Crippen LogP contribution in [-0.2, 0) is 4.79 Å². The van der Waals surface area contributed by atoms with E-state index in [9.17, 15) is 9.59 Å². The van der Waals surface area contributed by atoms with Gasteiger partial charge < -0.3 is 14.7 Å². The molecule has 4 rings (SSSR count). The van der Waals surface area contributed by atoms with E-state index < -0.39 is 0 Å². The van der Waals surface area contributed by atoms with Gasteiger partial charge in [-0.15, -0.1) is 0 Å². The maximum absolute atomic E-state index is 13.0. The number of rotatable bonds is 3. The van der Waals surface area contributed by atoms with Crippen LogP contribution in [-0.4, -0.2) is 70.2 Å². The summed E-state index contributed by atoms with van der Waals surface area (Å²) >= 11 is 0. The lowest BCUT2D eigenvalue weighted by Gasteiger charge is -2.36. The van der Waals surface area contributed by atoms with Crippen molar-refractivity contribution >= 4 is 17.7 Å². The predicted molar refractivity (Wildman–Crippen MR) is 105 cm³/mol. The van der Waals surface area contributed by atoms with Crippen LogP contribution in [0.15, 0.2) is 23.3 Å². The molecule has 1 N–H and O–H groups in total. The second-order valence-electron chi connectivity index (χ2n) is 7.54. The van der Waals surface area contributed by atoms with Gasteiger partial charge in [0, 0.05) is 57.2 Å². The minimum Gasteiger partial charge on any atom is -0.354 e. The summed E-state index contributed by atoms with van der Waals surface area (Å²) < 4.78 is 0. The number of H-pyrrole nitrogens is 1. The van der Waals surface area contributed by atoms with E-state index in [0.717, 1.165) is 43.4 Å². The van der Waals surface area contributed by atoms with E-state index in [1.807, 2.05) is 24.2 Å². The van der Waals surface area contributed by atoms with Crippen LogP contribution in [0.3, 0.4) is 0 Å². The highest BCUT2D eigenvalue weighted by Crippen LogP contribution is 2.24. The first kappa shape index (κ1) is 18.4. The lowest BCUT2D eigenvalue weighted by molar-refractivity contribution is -0.135. The summed E-state index contributed by atoms with van der Waals surface area (Å²) in [4.78, 5) is 39.4. The van der Waals surface area contributed by atoms with Gasteiger partial charge in [0.2, 0.25) is 11.9 Å². The van der Waals surface area contributed by atoms with E-state index in [4.69, 9.17) is 0 Å².